The predicted octanol–water partition coefficient (Wildman–Crippen LogP) is 2.52. The van der Waals surface area contributed by atoms with Gasteiger partial charge in [0.15, 0.2) is 0 Å². The van der Waals surface area contributed by atoms with Crippen LogP contribution in [0.15, 0.2) is 18.2 Å². The quantitative estimate of drug-likeness (QED) is 0.838. The first-order chi connectivity index (χ1) is 12.1. The minimum absolute atomic E-state index is 0.128. The molecule has 0 spiro atoms. The first kappa shape index (κ1) is 17.3. The van der Waals surface area contributed by atoms with Gasteiger partial charge in [-0.25, -0.2) is 9.78 Å². The molecular formula is C18H23N3O4. The number of aromatic amines is 1. The van der Waals surface area contributed by atoms with Gasteiger partial charge in [-0.15, -0.1) is 0 Å². The molecule has 0 bridgehead atoms. The highest BCUT2D eigenvalue weighted by Gasteiger charge is 2.28. The number of nitrogens with one attached hydrogen (secondary N) is 1. The lowest BCUT2D eigenvalue weighted by atomic mass is 9.98. The minimum atomic E-state index is -0.346. The van der Waals surface area contributed by atoms with E-state index in [1.54, 1.807) is 25.1 Å². The van der Waals surface area contributed by atoms with Crippen molar-refractivity contribution >= 4 is 28.9 Å². The summed E-state index contributed by atoms with van der Waals surface area (Å²) < 4.78 is 10.2. The first-order valence-corrected chi connectivity index (χ1v) is 8.70. The van der Waals surface area contributed by atoms with Crippen LogP contribution >= 0.6 is 0 Å². The first-order valence-electron chi connectivity index (χ1n) is 8.70. The Morgan fingerprint density at radius 1 is 1.28 bits per heavy atom. The summed E-state index contributed by atoms with van der Waals surface area (Å²) in [6.07, 6.45) is 1.75. The van der Waals surface area contributed by atoms with Gasteiger partial charge >= 0.3 is 11.9 Å². The molecule has 1 unspecified atom stereocenters. The number of anilines is 1. The van der Waals surface area contributed by atoms with Crippen LogP contribution in [0.3, 0.4) is 0 Å². The van der Waals surface area contributed by atoms with Crippen molar-refractivity contribution in [2.75, 3.05) is 31.2 Å². The van der Waals surface area contributed by atoms with Crippen molar-refractivity contribution in [3.8, 4) is 0 Å². The van der Waals surface area contributed by atoms with Crippen molar-refractivity contribution in [2.45, 2.75) is 26.7 Å². The summed E-state index contributed by atoms with van der Waals surface area (Å²) in [5.41, 5.74) is 2.05. The molecule has 0 aliphatic carbocycles. The van der Waals surface area contributed by atoms with Crippen LogP contribution in [-0.2, 0) is 14.3 Å². The molecule has 25 heavy (non-hydrogen) atoms. The molecule has 2 heterocycles. The van der Waals surface area contributed by atoms with E-state index < -0.39 is 0 Å². The van der Waals surface area contributed by atoms with Gasteiger partial charge < -0.3 is 19.4 Å². The van der Waals surface area contributed by atoms with Gasteiger partial charge in [0.25, 0.3) is 0 Å². The summed E-state index contributed by atoms with van der Waals surface area (Å²) in [4.78, 5) is 33.8. The Morgan fingerprint density at radius 3 is 2.84 bits per heavy atom. The van der Waals surface area contributed by atoms with Crippen LogP contribution < -0.4 is 4.90 Å². The van der Waals surface area contributed by atoms with E-state index in [2.05, 4.69) is 14.9 Å². The molecule has 2 aromatic rings. The molecule has 1 saturated heterocycles. The molecule has 1 N–H and O–H groups in total. The lowest BCUT2D eigenvalue weighted by molar-refractivity contribution is -0.148. The Hall–Kier alpha value is -2.57. The van der Waals surface area contributed by atoms with Gasteiger partial charge in [-0.05, 0) is 44.9 Å². The summed E-state index contributed by atoms with van der Waals surface area (Å²) in [7, 11) is 0. The van der Waals surface area contributed by atoms with Crippen LogP contribution in [0.2, 0.25) is 0 Å². The zero-order chi connectivity index (χ0) is 17.8. The van der Waals surface area contributed by atoms with Crippen molar-refractivity contribution in [1.82, 2.24) is 9.97 Å². The summed E-state index contributed by atoms with van der Waals surface area (Å²) in [6.45, 7) is 5.76. The number of piperidine rings is 1. The third-order valence-corrected chi connectivity index (χ3v) is 4.32. The molecule has 1 fully saturated rings. The zero-order valence-electron chi connectivity index (χ0n) is 14.6. The highest BCUT2D eigenvalue weighted by molar-refractivity contribution is 5.94. The SMILES string of the molecule is CCOC(=O)c1ccc2nc(N3CCCC(C(=O)OCC)C3)[nH]c2c1. The predicted molar refractivity (Wildman–Crippen MR) is 93.6 cm³/mol. The Balaban J connectivity index is 1.79. The molecule has 3 rings (SSSR count). The molecule has 1 aromatic heterocycles. The van der Waals surface area contributed by atoms with Crippen LogP contribution in [0.25, 0.3) is 11.0 Å². The molecule has 0 radical (unpaired) electrons. The summed E-state index contributed by atoms with van der Waals surface area (Å²) in [5.74, 6) is 0.0934. The van der Waals surface area contributed by atoms with Crippen LogP contribution in [0.1, 0.15) is 37.0 Å². The molecule has 0 amide bonds. The fourth-order valence-electron chi connectivity index (χ4n) is 3.11. The van der Waals surface area contributed by atoms with E-state index in [1.807, 2.05) is 6.92 Å². The van der Waals surface area contributed by atoms with Gasteiger partial charge in [0.1, 0.15) is 0 Å². The average molecular weight is 345 g/mol. The maximum atomic E-state index is 12.0. The highest BCUT2D eigenvalue weighted by atomic mass is 16.5. The summed E-state index contributed by atoms with van der Waals surface area (Å²) in [5, 5.41) is 0. The maximum Gasteiger partial charge on any atom is 0.338 e. The van der Waals surface area contributed by atoms with E-state index >= 15 is 0 Å². The molecule has 1 aromatic carbocycles. The van der Waals surface area contributed by atoms with E-state index in [-0.39, 0.29) is 17.9 Å². The number of carbonyl (C=O) groups is 2. The molecule has 134 valence electrons. The van der Waals surface area contributed by atoms with Gasteiger partial charge in [-0.1, -0.05) is 0 Å². The molecule has 1 aliphatic heterocycles. The number of H-pyrrole nitrogens is 1. The zero-order valence-corrected chi connectivity index (χ0v) is 14.6. The monoisotopic (exact) mass is 345 g/mol. The van der Waals surface area contributed by atoms with Crippen molar-refractivity contribution in [3.63, 3.8) is 0 Å². The number of carbonyl (C=O) groups excluding carboxylic acids is 2. The lowest BCUT2D eigenvalue weighted by Crippen LogP contribution is -2.40. The van der Waals surface area contributed by atoms with E-state index in [1.165, 1.54) is 0 Å². The molecule has 7 nitrogen and oxygen atoms in total. The lowest BCUT2D eigenvalue weighted by Gasteiger charge is -2.31. The number of hydrogen-bond donors (Lipinski definition) is 1. The van der Waals surface area contributed by atoms with Crippen LogP contribution in [-0.4, -0.2) is 48.2 Å². The fraction of sp³-hybridized carbons (Fsp3) is 0.500. The van der Waals surface area contributed by atoms with Crippen molar-refractivity contribution in [3.05, 3.63) is 23.8 Å². The molecule has 1 atom stereocenters. The number of fused-ring (bicyclic) bond motifs is 1. The van der Waals surface area contributed by atoms with Gasteiger partial charge in [0.05, 0.1) is 35.7 Å². The summed E-state index contributed by atoms with van der Waals surface area (Å²) >= 11 is 0. The molecular weight excluding hydrogens is 322 g/mol. The van der Waals surface area contributed by atoms with Gasteiger partial charge in [0.2, 0.25) is 5.95 Å². The number of rotatable bonds is 5. The molecule has 7 heteroatoms. The Labute approximate surface area is 146 Å². The van der Waals surface area contributed by atoms with Crippen molar-refractivity contribution in [2.24, 2.45) is 5.92 Å². The van der Waals surface area contributed by atoms with Crippen LogP contribution in [0.4, 0.5) is 5.95 Å². The van der Waals surface area contributed by atoms with E-state index in [9.17, 15) is 9.59 Å². The second-order valence-corrected chi connectivity index (χ2v) is 6.05. The number of ether oxygens (including phenoxy) is 2. The van der Waals surface area contributed by atoms with Crippen LogP contribution in [0.5, 0.6) is 0 Å². The number of esters is 2. The topological polar surface area (TPSA) is 84.5 Å². The van der Waals surface area contributed by atoms with E-state index in [4.69, 9.17) is 9.47 Å². The normalized spacial score (nSPS) is 17.5. The van der Waals surface area contributed by atoms with Gasteiger partial charge in [-0.3, -0.25) is 4.79 Å². The Bertz CT molecular complexity index is 771. The van der Waals surface area contributed by atoms with Crippen molar-refractivity contribution in [1.29, 1.82) is 0 Å². The average Bonchev–Trinajstić information content (AvgIpc) is 3.05. The number of hydrogen-bond acceptors (Lipinski definition) is 6. The smallest absolute Gasteiger partial charge is 0.338 e. The third-order valence-electron chi connectivity index (χ3n) is 4.32. The number of imidazole rings is 1. The molecule has 0 saturated carbocycles. The van der Waals surface area contributed by atoms with Gasteiger partial charge in [0, 0.05) is 13.1 Å². The second-order valence-electron chi connectivity index (χ2n) is 6.05. The van der Waals surface area contributed by atoms with Crippen LogP contribution in [0, 0.1) is 5.92 Å². The maximum absolute atomic E-state index is 12.0. The van der Waals surface area contributed by atoms with Crippen molar-refractivity contribution < 1.29 is 19.1 Å². The fourth-order valence-corrected chi connectivity index (χ4v) is 3.11. The molecule has 1 aliphatic rings. The Morgan fingerprint density at radius 2 is 2.08 bits per heavy atom. The number of aromatic nitrogens is 2. The van der Waals surface area contributed by atoms with E-state index in [0.717, 1.165) is 30.4 Å². The largest absolute Gasteiger partial charge is 0.466 e. The number of nitrogens with zero attached hydrogens (tertiary/aromatic N) is 2. The minimum Gasteiger partial charge on any atom is -0.466 e. The summed E-state index contributed by atoms with van der Waals surface area (Å²) in [6, 6.07) is 5.26. The highest BCUT2D eigenvalue weighted by Crippen LogP contribution is 2.25. The second kappa shape index (κ2) is 7.55. The van der Waals surface area contributed by atoms with Gasteiger partial charge in [-0.2, -0.15) is 0 Å². The standard InChI is InChI=1S/C18H23N3O4/c1-3-24-16(22)12-7-8-14-15(10-12)20-18(19-14)21-9-5-6-13(11-21)17(23)25-4-2/h7-8,10,13H,3-6,9,11H2,1-2H3,(H,19,20). The third kappa shape index (κ3) is 3.75. The number of benzene rings is 1. The van der Waals surface area contributed by atoms with E-state index in [0.29, 0.717) is 31.3 Å². The Kier molecular flexibility index (Phi) is 5.21.